The number of aryl methyl sites for hydroxylation is 1. The highest BCUT2D eigenvalue weighted by atomic mass is 32.2. The van der Waals surface area contributed by atoms with Crippen molar-refractivity contribution in [3.05, 3.63) is 41.0 Å². The molecule has 0 unspecified atom stereocenters. The molecule has 152 valence electrons. The number of hydrogen-bond acceptors (Lipinski definition) is 5. The average molecular weight is 405 g/mol. The van der Waals surface area contributed by atoms with E-state index in [0.717, 1.165) is 49.0 Å². The molecule has 7 heteroatoms. The summed E-state index contributed by atoms with van der Waals surface area (Å²) >= 11 is 0. The minimum atomic E-state index is -3.66. The number of hydrazone groups is 1. The van der Waals surface area contributed by atoms with E-state index in [9.17, 15) is 8.42 Å². The van der Waals surface area contributed by atoms with Crippen molar-refractivity contribution in [1.82, 2.24) is 4.83 Å². The van der Waals surface area contributed by atoms with Crippen molar-refractivity contribution >= 4 is 15.7 Å². The molecular weight excluding hydrogens is 376 g/mol. The number of allylic oxidation sites excluding steroid dienone is 2. The van der Waals surface area contributed by atoms with E-state index in [1.165, 1.54) is 5.57 Å². The standard InChI is InChI=1S/C21H28N2O4S/c1-15-4-6-17(7-5-15)28(24,25)23-22-19-9-10-20(3)14-21(26-12-13-27-21)11-8-18(20)16(19)2/h4-7,23H,8-14H2,1-3H3/b22-19+/t20-/m1/s1. The highest BCUT2D eigenvalue weighted by Crippen LogP contribution is 2.54. The Hall–Kier alpha value is -1.70. The van der Waals surface area contributed by atoms with Gasteiger partial charge in [0.2, 0.25) is 0 Å². The van der Waals surface area contributed by atoms with Crippen LogP contribution in [0.3, 0.4) is 0 Å². The van der Waals surface area contributed by atoms with Crippen molar-refractivity contribution in [3.8, 4) is 0 Å². The molecule has 1 aromatic rings. The van der Waals surface area contributed by atoms with Gasteiger partial charge >= 0.3 is 0 Å². The minimum Gasteiger partial charge on any atom is -0.347 e. The Bertz CT molecular complexity index is 928. The van der Waals surface area contributed by atoms with Crippen LogP contribution in [0.4, 0.5) is 0 Å². The molecule has 0 aromatic heterocycles. The molecule has 4 rings (SSSR count). The van der Waals surface area contributed by atoms with Crippen LogP contribution in [0, 0.1) is 12.3 Å². The largest absolute Gasteiger partial charge is 0.347 e. The number of hydrogen-bond donors (Lipinski definition) is 1. The smallest absolute Gasteiger partial charge is 0.276 e. The second-order valence-electron chi connectivity index (χ2n) is 8.41. The zero-order valence-corrected chi connectivity index (χ0v) is 17.6. The maximum atomic E-state index is 12.5. The third-order valence-electron chi connectivity index (χ3n) is 6.39. The Morgan fingerprint density at radius 1 is 1.04 bits per heavy atom. The third-order valence-corrected chi connectivity index (χ3v) is 7.61. The molecule has 1 heterocycles. The van der Waals surface area contributed by atoms with Crippen molar-refractivity contribution in [3.63, 3.8) is 0 Å². The van der Waals surface area contributed by atoms with Crippen LogP contribution in [0.2, 0.25) is 0 Å². The number of nitrogens with one attached hydrogen (secondary N) is 1. The molecule has 1 spiro atoms. The molecule has 0 radical (unpaired) electrons. The second-order valence-corrected chi connectivity index (χ2v) is 10.1. The Morgan fingerprint density at radius 3 is 2.39 bits per heavy atom. The lowest BCUT2D eigenvalue weighted by Gasteiger charge is -2.47. The van der Waals surface area contributed by atoms with Gasteiger partial charge in [-0.2, -0.15) is 18.4 Å². The first kappa shape index (κ1) is 19.6. The average Bonchev–Trinajstić information content (AvgIpc) is 3.08. The zero-order chi connectivity index (χ0) is 20.0. The monoisotopic (exact) mass is 404 g/mol. The van der Waals surface area contributed by atoms with Gasteiger partial charge in [-0.1, -0.05) is 30.2 Å². The molecule has 0 bridgehead atoms. The fourth-order valence-corrected chi connectivity index (χ4v) is 5.64. The molecule has 1 atom stereocenters. The molecule has 28 heavy (non-hydrogen) atoms. The van der Waals surface area contributed by atoms with Crippen LogP contribution in [0.5, 0.6) is 0 Å². The first-order valence-electron chi connectivity index (χ1n) is 9.87. The summed E-state index contributed by atoms with van der Waals surface area (Å²) < 4.78 is 37.0. The zero-order valence-electron chi connectivity index (χ0n) is 16.7. The summed E-state index contributed by atoms with van der Waals surface area (Å²) in [7, 11) is -3.66. The van der Waals surface area contributed by atoms with Crippen LogP contribution in [-0.4, -0.2) is 33.1 Å². The molecule has 1 aromatic carbocycles. The quantitative estimate of drug-likeness (QED) is 0.780. The molecule has 1 N–H and O–H groups in total. The van der Waals surface area contributed by atoms with Crippen molar-refractivity contribution < 1.29 is 17.9 Å². The number of nitrogens with zero attached hydrogens (tertiary/aromatic N) is 1. The van der Waals surface area contributed by atoms with Crippen molar-refractivity contribution in [2.75, 3.05) is 13.2 Å². The first-order chi connectivity index (χ1) is 13.2. The van der Waals surface area contributed by atoms with Crippen molar-refractivity contribution in [2.24, 2.45) is 10.5 Å². The van der Waals surface area contributed by atoms with Crippen LogP contribution in [0.25, 0.3) is 0 Å². The lowest BCUT2D eigenvalue weighted by atomic mass is 9.62. The SMILES string of the molecule is CC1=C2CCC3(C[C@@]2(C)CC/C1=N\NS(=O)(=O)c1ccc(C)cc1)OCCO3. The summed E-state index contributed by atoms with van der Waals surface area (Å²) in [4.78, 5) is 2.65. The van der Waals surface area contributed by atoms with Gasteiger partial charge in [0.25, 0.3) is 10.0 Å². The Kier molecular flexibility index (Phi) is 4.88. The summed E-state index contributed by atoms with van der Waals surface area (Å²) in [6, 6.07) is 6.77. The summed E-state index contributed by atoms with van der Waals surface area (Å²) in [6.07, 6.45) is 4.25. The first-order valence-corrected chi connectivity index (χ1v) is 11.4. The van der Waals surface area contributed by atoms with E-state index in [1.54, 1.807) is 24.3 Å². The fourth-order valence-electron chi connectivity index (χ4n) is 4.81. The summed E-state index contributed by atoms with van der Waals surface area (Å²) in [6.45, 7) is 7.59. The van der Waals surface area contributed by atoms with Gasteiger partial charge in [0, 0.05) is 12.8 Å². The number of fused-ring (bicyclic) bond motifs is 1. The summed E-state index contributed by atoms with van der Waals surface area (Å²) in [5.74, 6) is -0.430. The second kappa shape index (κ2) is 6.97. The topological polar surface area (TPSA) is 77.0 Å². The van der Waals surface area contributed by atoms with E-state index in [2.05, 4.69) is 23.8 Å². The lowest BCUT2D eigenvalue weighted by molar-refractivity contribution is -0.191. The summed E-state index contributed by atoms with van der Waals surface area (Å²) in [5.41, 5.74) is 4.32. The van der Waals surface area contributed by atoms with E-state index in [4.69, 9.17) is 9.47 Å². The highest BCUT2D eigenvalue weighted by Gasteiger charge is 2.50. The molecule has 2 fully saturated rings. The molecular formula is C21H28N2O4S. The number of ether oxygens (including phenoxy) is 2. The Morgan fingerprint density at radius 2 is 1.71 bits per heavy atom. The van der Waals surface area contributed by atoms with Gasteiger partial charge in [-0.05, 0) is 56.2 Å². The number of sulfonamides is 1. The van der Waals surface area contributed by atoms with E-state index < -0.39 is 15.8 Å². The van der Waals surface area contributed by atoms with Crippen LogP contribution in [0.1, 0.15) is 51.5 Å². The molecule has 2 aliphatic carbocycles. The molecule has 1 saturated heterocycles. The predicted octanol–water partition coefficient (Wildman–Crippen LogP) is 3.67. The normalized spacial score (nSPS) is 28.6. The lowest BCUT2D eigenvalue weighted by Crippen LogP contribution is -2.44. The maximum Gasteiger partial charge on any atom is 0.276 e. The van der Waals surface area contributed by atoms with Crippen LogP contribution < -0.4 is 4.83 Å². The number of rotatable bonds is 3. The Labute approximate surface area is 167 Å². The molecule has 6 nitrogen and oxygen atoms in total. The third kappa shape index (κ3) is 3.51. The highest BCUT2D eigenvalue weighted by molar-refractivity contribution is 7.89. The van der Waals surface area contributed by atoms with Crippen LogP contribution >= 0.6 is 0 Å². The molecule has 1 saturated carbocycles. The number of benzene rings is 1. The van der Waals surface area contributed by atoms with Gasteiger partial charge in [0.15, 0.2) is 5.79 Å². The van der Waals surface area contributed by atoms with E-state index in [0.29, 0.717) is 13.2 Å². The summed E-state index contributed by atoms with van der Waals surface area (Å²) in [5, 5.41) is 4.30. The van der Waals surface area contributed by atoms with Gasteiger partial charge in [-0.15, -0.1) is 0 Å². The van der Waals surface area contributed by atoms with Gasteiger partial charge in [-0.25, -0.2) is 0 Å². The van der Waals surface area contributed by atoms with E-state index >= 15 is 0 Å². The molecule has 3 aliphatic rings. The van der Waals surface area contributed by atoms with Crippen molar-refractivity contribution in [2.45, 2.75) is 63.6 Å². The predicted molar refractivity (Wildman–Crippen MR) is 107 cm³/mol. The Balaban J connectivity index is 1.56. The van der Waals surface area contributed by atoms with Gasteiger partial charge in [0.05, 0.1) is 23.8 Å². The maximum absolute atomic E-state index is 12.5. The van der Waals surface area contributed by atoms with Gasteiger partial charge in [-0.3, -0.25) is 0 Å². The molecule has 1 aliphatic heterocycles. The molecule has 0 amide bonds. The van der Waals surface area contributed by atoms with E-state index in [-0.39, 0.29) is 10.3 Å². The van der Waals surface area contributed by atoms with Gasteiger partial charge < -0.3 is 9.47 Å². The van der Waals surface area contributed by atoms with Gasteiger partial charge in [0.1, 0.15) is 0 Å². The van der Waals surface area contributed by atoms with E-state index in [1.807, 2.05) is 6.92 Å². The minimum absolute atomic E-state index is 0.0154. The van der Waals surface area contributed by atoms with Crippen LogP contribution in [-0.2, 0) is 19.5 Å². The fraction of sp³-hybridized carbons (Fsp3) is 0.571. The van der Waals surface area contributed by atoms with Crippen LogP contribution in [0.15, 0.2) is 45.4 Å². The van der Waals surface area contributed by atoms with Crippen molar-refractivity contribution in [1.29, 1.82) is 0 Å².